The Kier molecular flexibility index (Phi) is 4.41. The lowest BCUT2D eigenvalue weighted by Crippen LogP contribution is -2.07. The summed E-state index contributed by atoms with van der Waals surface area (Å²) in [6.07, 6.45) is 0.550. The van der Waals surface area contributed by atoms with Gasteiger partial charge >= 0.3 is 0 Å². The van der Waals surface area contributed by atoms with Gasteiger partial charge < -0.3 is 15.2 Å². The normalized spacial score (nSPS) is 10.2. The molecule has 2 N–H and O–H groups in total. The Morgan fingerprint density at radius 1 is 1.21 bits per heavy atom. The number of halogens is 1. The molecule has 0 unspecified atom stereocenters. The highest BCUT2D eigenvalue weighted by Crippen LogP contribution is 2.25. The maximum absolute atomic E-state index is 5.79. The van der Waals surface area contributed by atoms with Crippen LogP contribution in [0.4, 0.5) is 5.69 Å². The average Bonchev–Trinajstić information content (AvgIpc) is 2.42. The van der Waals surface area contributed by atoms with Gasteiger partial charge in [-0.25, -0.2) is 0 Å². The third-order valence-corrected chi connectivity index (χ3v) is 2.72. The molecule has 0 fully saturated rings. The van der Waals surface area contributed by atoms with E-state index in [4.69, 9.17) is 26.8 Å². The van der Waals surface area contributed by atoms with Crippen molar-refractivity contribution in [1.29, 1.82) is 0 Å². The second kappa shape index (κ2) is 6.24. The summed E-state index contributed by atoms with van der Waals surface area (Å²) in [4.78, 5) is 0. The molecule has 0 aliphatic heterocycles. The largest absolute Gasteiger partial charge is 0.493 e. The summed E-state index contributed by atoms with van der Waals surface area (Å²) < 4.78 is 10.8. The molecule has 19 heavy (non-hydrogen) atoms. The van der Waals surface area contributed by atoms with Gasteiger partial charge in [0, 0.05) is 12.5 Å². The van der Waals surface area contributed by atoms with Crippen LogP contribution in [0.2, 0.25) is 5.15 Å². The van der Waals surface area contributed by atoms with Gasteiger partial charge in [0.2, 0.25) is 0 Å². The summed E-state index contributed by atoms with van der Waals surface area (Å²) >= 11 is 5.69. The molecule has 0 amide bonds. The van der Waals surface area contributed by atoms with Crippen LogP contribution in [0.1, 0.15) is 5.69 Å². The second-order valence-corrected chi connectivity index (χ2v) is 4.21. The van der Waals surface area contributed by atoms with Crippen molar-refractivity contribution in [2.24, 2.45) is 0 Å². The molecule has 100 valence electrons. The number of benzene rings is 1. The van der Waals surface area contributed by atoms with E-state index in [1.807, 2.05) is 24.3 Å². The maximum Gasteiger partial charge on any atom is 0.161 e. The van der Waals surface area contributed by atoms with Crippen molar-refractivity contribution in [3.05, 3.63) is 41.2 Å². The maximum atomic E-state index is 5.79. The monoisotopic (exact) mass is 279 g/mol. The topological polar surface area (TPSA) is 70.3 Å². The predicted molar refractivity (Wildman–Crippen MR) is 73.6 cm³/mol. The van der Waals surface area contributed by atoms with E-state index in [0.29, 0.717) is 35.9 Å². The van der Waals surface area contributed by atoms with Crippen LogP contribution < -0.4 is 15.2 Å². The summed E-state index contributed by atoms with van der Waals surface area (Å²) in [5.74, 6) is 1.38. The number of nitrogen functional groups attached to an aromatic ring is 1. The molecule has 2 aromatic rings. The van der Waals surface area contributed by atoms with Gasteiger partial charge in [-0.2, -0.15) is 5.10 Å². The third kappa shape index (κ3) is 3.48. The van der Waals surface area contributed by atoms with E-state index in [2.05, 4.69) is 10.2 Å². The zero-order valence-corrected chi connectivity index (χ0v) is 11.2. The molecule has 0 aliphatic rings. The first kappa shape index (κ1) is 13.4. The van der Waals surface area contributed by atoms with Crippen molar-refractivity contribution in [2.75, 3.05) is 19.5 Å². The van der Waals surface area contributed by atoms with Gasteiger partial charge in [-0.05, 0) is 12.1 Å². The van der Waals surface area contributed by atoms with E-state index in [1.54, 1.807) is 13.2 Å². The highest BCUT2D eigenvalue weighted by atomic mass is 35.5. The van der Waals surface area contributed by atoms with E-state index in [0.717, 1.165) is 0 Å². The lowest BCUT2D eigenvalue weighted by molar-refractivity contribution is 0.296. The van der Waals surface area contributed by atoms with Crippen molar-refractivity contribution >= 4 is 17.3 Å². The summed E-state index contributed by atoms with van der Waals surface area (Å²) in [6.45, 7) is 0.431. The van der Waals surface area contributed by atoms with Crippen LogP contribution in [0.25, 0.3) is 0 Å². The number of nitrogens with two attached hydrogens (primary N) is 1. The van der Waals surface area contributed by atoms with E-state index in [1.165, 1.54) is 0 Å². The molecule has 0 saturated carbocycles. The molecule has 5 nitrogen and oxygen atoms in total. The first-order valence-electron chi connectivity index (χ1n) is 5.74. The Morgan fingerprint density at radius 2 is 1.95 bits per heavy atom. The third-order valence-electron chi connectivity index (χ3n) is 2.54. The molecule has 0 radical (unpaired) electrons. The van der Waals surface area contributed by atoms with Crippen LogP contribution in [-0.2, 0) is 6.42 Å². The van der Waals surface area contributed by atoms with Crippen molar-refractivity contribution in [3.63, 3.8) is 0 Å². The predicted octanol–water partition coefficient (Wildman–Crippen LogP) is 2.34. The van der Waals surface area contributed by atoms with Crippen LogP contribution in [0, 0.1) is 0 Å². The second-order valence-electron chi connectivity index (χ2n) is 3.82. The number of aromatic nitrogens is 2. The fourth-order valence-corrected chi connectivity index (χ4v) is 1.75. The molecule has 0 saturated heterocycles. The van der Waals surface area contributed by atoms with Crippen LogP contribution >= 0.6 is 11.6 Å². The number of rotatable bonds is 5. The smallest absolute Gasteiger partial charge is 0.161 e. The molecular formula is C13H14ClN3O2. The molecule has 0 aliphatic carbocycles. The minimum Gasteiger partial charge on any atom is -0.493 e. The van der Waals surface area contributed by atoms with Crippen molar-refractivity contribution in [2.45, 2.75) is 6.42 Å². The molecule has 0 bridgehead atoms. The first-order chi connectivity index (χ1) is 9.20. The van der Waals surface area contributed by atoms with E-state index in [9.17, 15) is 0 Å². The fraction of sp³-hybridized carbons (Fsp3) is 0.231. The quantitative estimate of drug-likeness (QED) is 0.910. The number of ether oxygens (including phenoxy) is 2. The summed E-state index contributed by atoms with van der Waals surface area (Å²) in [6, 6.07) is 9.02. The van der Waals surface area contributed by atoms with Crippen LogP contribution in [0.15, 0.2) is 30.3 Å². The van der Waals surface area contributed by atoms with Crippen molar-refractivity contribution in [1.82, 2.24) is 10.2 Å². The molecular weight excluding hydrogens is 266 g/mol. The molecule has 1 heterocycles. The highest BCUT2D eigenvalue weighted by molar-refractivity contribution is 6.29. The van der Waals surface area contributed by atoms with Gasteiger partial charge in [0.25, 0.3) is 0 Å². The summed E-state index contributed by atoms with van der Waals surface area (Å²) in [5.41, 5.74) is 6.97. The average molecular weight is 280 g/mol. The SMILES string of the molecule is COc1ccccc1OCCc1nnc(Cl)cc1N. The zero-order chi connectivity index (χ0) is 13.7. The van der Waals surface area contributed by atoms with Crippen molar-refractivity contribution < 1.29 is 9.47 Å². The molecule has 6 heteroatoms. The van der Waals surface area contributed by atoms with Crippen LogP contribution in [0.3, 0.4) is 0 Å². The number of nitrogens with zero attached hydrogens (tertiary/aromatic N) is 2. The van der Waals surface area contributed by atoms with Gasteiger partial charge in [-0.15, -0.1) is 5.10 Å². The van der Waals surface area contributed by atoms with Crippen LogP contribution in [-0.4, -0.2) is 23.9 Å². The first-order valence-corrected chi connectivity index (χ1v) is 6.12. The molecule has 2 rings (SSSR count). The number of hydrogen-bond donors (Lipinski definition) is 1. The summed E-state index contributed by atoms with van der Waals surface area (Å²) in [5, 5.41) is 7.97. The summed E-state index contributed by atoms with van der Waals surface area (Å²) in [7, 11) is 1.60. The lowest BCUT2D eigenvalue weighted by Gasteiger charge is -2.10. The number of para-hydroxylation sites is 2. The van der Waals surface area contributed by atoms with Gasteiger partial charge in [0.05, 0.1) is 25.1 Å². The molecule has 0 atom stereocenters. The van der Waals surface area contributed by atoms with Gasteiger partial charge in [0.15, 0.2) is 16.7 Å². The fourth-order valence-electron chi connectivity index (χ4n) is 1.60. The Morgan fingerprint density at radius 3 is 2.63 bits per heavy atom. The molecule has 1 aromatic heterocycles. The minimum atomic E-state index is 0.284. The van der Waals surface area contributed by atoms with Gasteiger partial charge in [-0.3, -0.25) is 0 Å². The minimum absolute atomic E-state index is 0.284. The zero-order valence-electron chi connectivity index (χ0n) is 10.5. The van der Waals surface area contributed by atoms with Gasteiger partial charge in [0.1, 0.15) is 0 Å². The van der Waals surface area contributed by atoms with Gasteiger partial charge in [-0.1, -0.05) is 23.7 Å². The van der Waals surface area contributed by atoms with E-state index >= 15 is 0 Å². The van der Waals surface area contributed by atoms with E-state index < -0.39 is 0 Å². The Balaban J connectivity index is 1.96. The number of anilines is 1. The Labute approximate surface area is 116 Å². The number of hydrogen-bond acceptors (Lipinski definition) is 5. The Hall–Kier alpha value is -2.01. The highest BCUT2D eigenvalue weighted by Gasteiger charge is 2.06. The lowest BCUT2D eigenvalue weighted by atomic mass is 10.2. The molecule has 1 aromatic carbocycles. The number of methoxy groups -OCH3 is 1. The molecule has 0 spiro atoms. The van der Waals surface area contributed by atoms with E-state index in [-0.39, 0.29) is 5.15 Å². The standard InChI is InChI=1S/C13H14ClN3O2/c1-18-11-4-2-3-5-12(11)19-7-6-10-9(15)8-13(14)17-16-10/h2-5,8H,6-7H2,1H3,(H2,15,17). The van der Waals surface area contributed by atoms with Crippen LogP contribution in [0.5, 0.6) is 11.5 Å². The van der Waals surface area contributed by atoms with Crippen molar-refractivity contribution in [3.8, 4) is 11.5 Å². The Bertz CT molecular complexity index is 563.